The molecule has 0 atom stereocenters. The number of aromatic nitrogens is 2. The minimum absolute atomic E-state index is 0.294. The van der Waals surface area contributed by atoms with Crippen molar-refractivity contribution in [3.63, 3.8) is 0 Å². The summed E-state index contributed by atoms with van der Waals surface area (Å²) >= 11 is 5.59. The van der Waals surface area contributed by atoms with E-state index >= 15 is 0 Å². The number of carbonyl (C=O) groups is 1. The molecule has 0 radical (unpaired) electrons. The SMILES string of the molecule is O=CCCn1cc(Cl)cnc1=O. The van der Waals surface area contributed by atoms with Gasteiger partial charge in [0.05, 0.1) is 11.2 Å². The molecule has 0 amide bonds. The van der Waals surface area contributed by atoms with E-state index in [9.17, 15) is 9.59 Å². The second kappa shape index (κ2) is 4.01. The van der Waals surface area contributed by atoms with Crippen LogP contribution in [0.2, 0.25) is 5.02 Å². The normalized spacial score (nSPS) is 9.75. The van der Waals surface area contributed by atoms with Gasteiger partial charge in [0.15, 0.2) is 0 Å². The van der Waals surface area contributed by atoms with Crippen LogP contribution >= 0.6 is 11.6 Å². The molecule has 0 aliphatic carbocycles. The zero-order chi connectivity index (χ0) is 8.97. The van der Waals surface area contributed by atoms with Crippen LogP contribution < -0.4 is 5.69 Å². The van der Waals surface area contributed by atoms with E-state index in [1.54, 1.807) is 0 Å². The van der Waals surface area contributed by atoms with Gasteiger partial charge in [-0.25, -0.2) is 9.78 Å². The van der Waals surface area contributed by atoms with Gasteiger partial charge in [-0.05, 0) is 0 Å². The van der Waals surface area contributed by atoms with Crippen LogP contribution in [0.5, 0.6) is 0 Å². The summed E-state index contributed by atoms with van der Waals surface area (Å²) in [4.78, 5) is 24.5. The maximum Gasteiger partial charge on any atom is 0.347 e. The summed E-state index contributed by atoms with van der Waals surface area (Å²) < 4.78 is 1.30. The third-order valence-electron chi connectivity index (χ3n) is 1.31. The number of aldehydes is 1. The third kappa shape index (κ3) is 2.17. The summed E-state index contributed by atoms with van der Waals surface area (Å²) in [6, 6.07) is 0. The molecule has 0 bridgehead atoms. The van der Waals surface area contributed by atoms with Crippen LogP contribution in [0, 0.1) is 0 Å². The molecule has 1 aromatic heterocycles. The fourth-order valence-corrected chi connectivity index (χ4v) is 0.947. The molecule has 0 spiro atoms. The molecule has 1 aromatic rings. The fraction of sp³-hybridized carbons (Fsp3) is 0.286. The van der Waals surface area contributed by atoms with E-state index < -0.39 is 0 Å². The molecule has 0 aliphatic heterocycles. The monoisotopic (exact) mass is 186 g/mol. The molecule has 5 heteroatoms. The summed E-state index contributed by atoms with van der Waals surface area (Å²) in [5, 5.41) is 0.389. The van der Waals surface area contributed by atoms with Crippen molar-refractivity contribution < 1.29 is 4.79 Å². The van der Waals surface area contributed by atoms with Crippen molar-refractivity contribution in [2.75, 3.05) is 0 Å². The van der Waals surface area contributed by atoms with Crippen LogP contribution in [0.1, 0.15) is 6.42 Å². The molecule has 12 heavy (non-hydrogen) atoms. The van der Waals surface area contributed by atoms with Crippen molar-refractivity contribution in [1.82, 2.24) is 9.55 Å². The van der Waals surface area contributed by atoms with Crippen molar-refractivity contribution in [1.29, 1.82) is 0 Å². The van der Waals surface area contributed by atoms with Gasteiger partial charge in [0.25, 0.3) is 0 Å². The Morgan fingerprint density at radius 1 is 1.67 bits per heavy atom. The highest BCUT2D eigenvalue weighted by molar-refractivity contribution is 6.30. The number of hydrogen-bond acceptors (Lipinski definition) is 3. The van der Waals surface area contributed by atoms with E-state index in [1.807, 2.05) is 0 Å². The van der Waals surface area contributed by atoms with Gasteiger partial charge in [-0.15, -0.1) is 0 Å². The summed E-state index contributed by atoms with van der Waals surface area (Å²) in [6.07, 6.45) is 3.77. The number of aryl methyl sites for hydroxylation is 1. The van der Waals surface area contributed by atoms with Crippen LogP contribution in [0.4, 0.5) is 0 Å². The molecule has 0 aromatic carbocycles. The minimum atomic E-state index is -0.388. The first-order valence-electron chi connectivity index (χ1n) is 3.39. The molecule has 0 N–H and O–H groups in total. The molecule has 0 unspecified atom stereocenters. The van der Waals surface area contributed by atoms with Crippen molar-refractivity contribution in [3.8, 4) is 0 Å². The highest BCUT2D eigenvalue weighted by atomic mass is 35.5. The van der Waals surface area contributed by atoms with Gasteiger partial charge in [-0.2, -0.15) is 0 Å². The lowest BCUT2D eigenvalue weighted by atomic mass is 10.4. The Bertz CT molecular complexity index is 334. The number of rotatable bonds is 3. The van der Waals surface area contributed by atoms with Crippen LogP contribution in [0.15, 0.2) is 17.2 Å². The maximum absolute atomic E-state index is 11.0. The molecule has 0 aliphatic rings. The molecule has 1 heterocycles. The van der Waals surface area contributed by atoms with Crippen LogP contribution in [0.3, 0.4) is 0 Å². The van der Waals surface area contributed by atoms with Crippen molar-refractivity contribution >= 4 is 17.9 Å². The number of nitrogens with zero attached hydrogens (tertiary/aromatic N) is 2. The summed E-state index contributed by atoms with van der Waals surface area (Å²) in [5.74, 6) is 0. The second-order valence-corrected chi connectivity index (χ2v) is 2.64. The average Bonchev–Trinajstić information content (AvgIpc) is 2.07. The average molecular weight is 187 g/mol. The van der Waals surface area contributed by atoms with E-state index in [2.05, 4.69) is 4.98 Å². The summed E-state index contributed by atoms with van der Waals surface area (Å²) in [6.45, 7) is 0.329. The van der Waals surface area contributed by atoms with Gasteiger partial charge in [-0.1, -0.05) is 11.6 Å². The van der Waals surface area contributed by atoms with Crippen LogP contribution in [-0.4, -0.2) is 15.8 Å². The number of hydrogen-bond donors (Lipinski definition) is 0. The Hall–Kier alpha value is -1.16. The molecular formula is C7H7ClN2O2. The standard InChI is InChI=1S/C7H7ClN2O2/c8-6-4-9-7(12)10(5-6)2-1-3-11/h3-5H,1-2H2. The van der Waals surface area contributed by atoms with E-state index in [1.165, 1.54) is 17.0 Å². The zero-order valence-electron chi connectivity index (χ0n) is 6.24. The quantitative estimate of drug-likeness (QED) is 0.646. The Kier molecular flexibility index (Phi) is 2.99. The van der Waals surface area contributed by atoms with Crippen LogP contribution in [-0.2, 0) is 11.3 Å². The lowest BCUT2D eigenvalue weighted by Crippen LogP contribution is -2.21. The van der Waals surface area contributed by atoms with Gasteiger partial charge in [0.2, 0.25) is 0 Å². The first kappa shape index (κ1) is 8.93. The Balaban J connectivity index is 2.89. The smallest absolute Gasteiger partial charge is 0.303 e. The predicted octanol–water partition coefficient (Wildman–Crippen LogP) is 0.486. The van der Waals surface area contributed by atoms with Gasteiger partial charge in [0, 0.05) is 19.2 Å². The van der Waals surface area contributed by atoms with Crippen molar-refractivity contribution in [2.24, 2.45) is 0 Å². The lowest BCUT2D eigenvalue weighted by Gasteiger charge is -2.00. The minimum Gasteiger partial charge on any atom is -0.303 e. The maximum atomic E-state index is 11.0. The molecule has 1 rings (SSSR count). The van der Waals surface area contributed by atoms with Crippen LogP contribution in [0.25, 0.3) is 0 Å². The first-order valence-corrected chi connectivity index (χ1v) is 3.77. The van der Waals surface area contributed by atoms with E-state index in [0.29, 0.717) is 18.0 Å². The van der Waals surface area contributed by atoms with Gasteiger partial charge in [0.1, 0.15) is 6.29 Å². The van der Waals surface area contributed by atoms with E-state index in [4.69, 9.17) is 11.6 Å². The molecule has 4 nitrogen and oxygen atoms in total. The Morgan fingerprint density at radius 3 is 3.08 bits per heavy atom. The largest absolute Gasteiger partial charge is 0.347 e. The second-order valence-electron chi connectivity index (χ2n) is 2.20. The molecule has 0 fully saturated rings. The van der Waals surface area contributed by atoms with Crippen molar-refractivity contribution in [2.45, 2.75) is 13.0 Å². The molecule has 64 valence electrons. The predicted molar refractivity (Wildman–Crippen MR) is 44.2 cm³/mol. The molecule has 0 saturated carbocycles. The van der Waals surface area contributed by atoms with E-state index in [-0.39, 0.29) is 5.69 Å². The Labute approximate surface area is 73.8 Å². The fourth-order valence-electron chi connectivity index (χ4n) is 0.780. The Morgan fingerprint density at radius 2 is 2.42 bits per heavy atom. The number of carbonyl (C=O) groups excluding carboxylic acids is 1. The third-order valence-corrected chi connectivity index (χ3v) is 1.51. The zero-order valence-corrected chi connectivity index (χ0v) is 6.99. The molecule has 0 saturated heterocycles. The highest BCUT2D eigenvalue weighted by Crippen LogP contribution is 2.01. The number of halogens is 1. The lowest BCUT2D eigenvalue weighted by molar-refractivity contribution is -0.108. The van der Waals surface area contributed by atoms with E-state index in [0.717, 1.165) is 6.29 Å². The van der Waals surface area contributed by atoms with Crippen molar-refractivity contribution in [3.05, 3.63) is 27.9 Å². The first-order chi connectivity index (χ1) is 5.74. The van der Waals surface area contributed by atoms with Gasteiger partial charge < -0.3 is 4.79 Å². The molecular weight excluding hydrogens is 180 g/mol. The topological polar surface area (TPSA) is 52.0 Å². The highest BCUT2D eigenvalue weighted by Gasteiger charge is 1.96. The van der Waals surface area contributed by atoms with Gasteiger partial charge >= 0.3 is 5.69 Å². The van der Waals surface area contributed by atoms with Gasteiger partial charge in [-0.3, -0.25) is 4.57 Å². The summed E-state index contributed by atoms with van der Waals surface area (Å²) in [5.41, 5.74) is -0.388. The summed E-state index contributed by atoms with van der Waals surface area (Å²) in [7, 11) is 0.